The third-order valence-electron chi connectivity index (χ3n) is 2.53. The molecule has 1 aliphatic rings. The van der Waals surface area contributed by atoms with E-state index >= 15 is 0 Å². The Kier molecular flexibility index (Phi) is 2.90. The zero-order valence-electron chi connectivity index (χ0n) is 7.47. The van der Waals surface area contributed by atoms with E-state index in [0.717, 1.165) is 12.8 Å². The predicted molar refractivity (Wildman–Crippen MR) is 44.2 cm³/mol. The van der Waals surface area contributed by atoms with Crippen molar-refractivity contribution < 1.29 is 9.84 Å². The summed E-state index contributed by atoms with van der Waals surface area (Å²) in [5.74, 6) is -0.327. The molecule has 2 nitrogen and oxygen atoms in total. The van der Waals surface area contributed by atoms with E-state index in [1.54, 1.807) is 7.11 Å². The molecule has 0 aromatic heterocycles. The second-order valence-electron chi connectivity index (χ2n) is 3.45. The van der Waals surface area contributed by atoms with Crippen LogP contribution in [-0.2, 0) is 4.74 Å². The number of unbranched alkanes of at least 4 members (excludes halogenated alkanes) is 2. The third kappa shape index (κ3) is 2.17. The average Bonchev–Trinajstić information content (AvgIpc) is 2.64. The van der Waals surface area contributed by atoms with E-state index in [-0.39, 0.29) is 0 Å². The zero-order chi connectivity index (χ0) is 8.32. The van der Waals surface area contributed by atoms with Crippen molar-refractivity contribution in [2.24, 2.45) is 5.92 Å². The van der Waals surface area contributed by atoms with Crippen LogP contribution in [0, 0.1) is 5.92 Å². The standard InChI is InChI=1S/C9H18O2/c1-3-4-5-6-8-7-9(8,10)11-2/h8,10H,3-7H2,1-2H3. The van der Waals surface area contributed by atoms with Crippen molar-refractivity contribution >= 4 is 0 Å². The van der Waals surface area contributed by atoms with Crippen molar-refractivity contribution in [2.75, 3.05) is 7.11 Å². The third-order valence-corrected chi connectivity index (χ3v) is 2.53. The molecule has 66 valence electrons. The number of aliphatic hydroxyl groups is 1. The molecule has 1 fully saturated rings. The largest absolute Gasteiger partial charge is 0.365 e. The van der Waals surface area contributed by atoms with Crippen LogP contribution in [0.5, 0.6) is 0 Å². The van der Waals surface area contributed by atoms with E-state index in [9.17, 15) is 5.11 Å². The van der Waals surface area contributed by atoms with Gasteiger partial charge in [-0.05, 0) is 6.42 Å². The molecule has 1 rings (SSSR count). The highest BCUT2D eigenvalue weighted by Crippen LogP contribution is 2.46. The van der Waals surface area contributed by atoms with Crippen LogP contribution in [0.4, 0.5) is 0 Å². The Morgan fingerprint density at radius 3 is 2.73 bits per heavy atom. The number of rotatable bonds is 5. The normalized spacial score (nSPS) is 35.7. The minimum absolute atomic E-state index is 0.416. The van der Waals surface area contributed by atoms with E-state index in [4.69, 9.17) is 4.74 Å². The predicted octanol–water partition coefficient (Wildman–Crippen LogP) is 1.92. The maximum atomic E-state index is 9.47. The number of ether oxygens (including phenoxy) is 1. The van der Waals surface area contributed by atoms with Gasteiger partial charge in [0.2, 0.25) is 0 Å². The lowest BCUT2D eigenvalue weighted by Gasteiger charge is -2.06. The topological polar surface area (TPSA) is 29.5 Å². The van der Waals surface area contributed by atoms with Gasteiger partial charge in [-0.15, -0.1) is 0 Å². The molecule has 0 saturated heterocycles. The van der Waals surface area contributed by atoms with E-state index in [1.165, 1.54) is 19.3 Å². The summed E-state index contributed by atoms with van der Waals surface area (Å²) in [6, 6.07) is 0. The molecule has 11 heavy (non-hydrogen) atoms. The van der Waals surface area contributed by atoms with Crippen LogP contribution in [0.3, 0.4) is 0 Å². The molecule has 2 unspecified atom stereocenters. The van der Waals surface area contributed by atoms with Crippen LogP contribution in [-0.4, -0.2) is 18.0 Å². The van der Waals surface area contributed by atoms with Crippen molar-refractivity contribution in [1.82, 2.24) is 0 Å². The highest BCUT2D eigenvalue weighted by molar-refractivity contribution is 4.94. The van der Waals surface area contributed by atoms with Crippen molar-refractivity contribution in [3.8, 4) is 0 Å². The van der Waals surface area contributed by atoms with Gasteiger partial charge < -0.3 is 9.84 Å². The van der Waals surface area contributed by atoms with Gasteiger partial charge in [0.1, 0.15) is 0 Å². The van der Waals surface area contributed by atoms with Crippen molar-refractivity contribution in [1.29, 1.82) is 0 Å². The fourth-order valence-corrected chi connectivity index (χ4v) is 1.51. The molecule has 1 aliphatic carbocycles. The fourth-order valence-electron chi connectivity index (χ4n) is 1.51. The first-order valence-corrected chi connectivity index (χ1v) is 4.50. The summed E-state index contributed by atoms with van der Waals surface area (Å²) >= 11 is 0. The quantitative estimate of drug-likeness (QED) is 0.489. The van der Waals surface area contributed by atoms with Gasteiger partial charge >= 0.3 is 0 Å². The Balaban J connectivity index is 2.04. The lowest BCUT2D eigenvalue weighted by atomic mass is 10.1. The average molecular weight is 158 g/mol. The second-order valence-corrected chi connectivity index (χ2v) is 3.45. The van der Waals surface area contributed by atoms with Crippen LogP contribution in [0.15, 0.2) is 0 Å². The van der Waals surface area contributed by atoms with E-state index in [2.05, 4.69) is 6.92 Å². The number of hydrogen-bond acceptors (Lipinski definition) is 2. The summed E-state index contributed by atoms with van der Waals surface area (Å²) in [6.07, 6.45) is 5.71. The van der Waals surface area contributed by atoms with Crippen LogP contribution in [0.1, 0.15) is 39.0 Å². The Labute approximate surface area is 68.6 Å². The minimum atomic E-state index is -0.742. The Hall–Kier alpha value is -0.0800. The lowest BCUT2D eigenvalue weighted by molar-refractivity contribution is -0.114. The number of hydrogen-bond donors (Lipinski definition) is 1. The first-order valence-electron chi connectivity index (χ1n) is 4.50. The number of methoxy groups -OCH3 is 1. The van der Waals surface area contributed by atoms with E-state index < -0.39 is 5.79 Å². The van der Waals surface area contributed by atoms with E-state index in [1.807, 2.05) is 0 Å². The molecule has 2 atom stereocenters. The molecule has 1 saturated carbocycles. The maximum Gasteiger partial charge on any atom is 0.168 e. The molecule has 0 amide bonds. The lowest BCUT2D eigenvalue weighted by Crippen LogP contribution is -2.13. The van der Waals surface area contributed by atoms with Gasteiger partial charge in [-0.2, -0.15) is 0 Å². The SMILES string of the molecule is CCCCCC1CC1(O)OC. The van der Waals surface area contributed by atoms with Gasteiger partial charge in [-0.1, -0.05) is 26.2 Å². The molecule has 0 bridgehead atoms. The second kappa shape index (κ2) is 3.55. The molecule has 0 aromatic carbocycles. The summed E-state index contributed by atoms with van der Waals surface area (Å²) in [5.41, 5.74) is 0. The molecule has 0 aromatic rings. The van der Waals surface area contributed by atoms with Gasteiger partial charge in [-0.25, -0.2) is 0 Å². The molecule has 2 heteroatoms. The highest BCUT2D eigenvalue weighted by Gasteiger charge is 2.52. The van der Waals surface area contributed by atoms with Gasteiger partial charge in [0.25, 0.3) is 0 Å². The Morgan fingerprint density at radius 1 is 1.55 bits per heavy atom. The van der Waals surface area contributed by atoms with Crippen LogP contribution in [0.25, 0.3) is 0 Å². The van der Waals surface area contributed by atoms with Gasteiger partial charge in [0.15, 0.2) is 5.79 Å². The summed E-state index contributed by atoms with van der Waals surface area (Å²) in [7, 11) is 1.58. The summed E-state index contributed by atoms with van der Waals surface area (Å²) in [5, 5.41) is 9.47. The molecular weight excluding hydrogens is 140 g/mol. The zero-order valence-corrected chi connectivity index (χ0v) is 7.47. The maximum absolute atomic E-state index is 9.47. The van der Waals surface area contributed by atoms with Crippen molar-refractivity contribution in [3.63, 3.8) is 0 Å². The molecule has 0 spiro atoms. The fraction of sp³-hybridized carbons (Fsp3) is 1.00. The molecule has 0 aliphatic heterocycles. The van der Waals surface area contributed by atoms with Gasteiger partial charge in [0, 0.05) is 19.4 Å². The Morgan fingerprint density at radius 2 is 2.27 bits per heavy atom. The smallest absolute Gasteiger partial charge is 0.168 e. The molecule has 1 N–H and O–H groups in total. The highest BCUT2D eigenvalue weighted by atomic mass is 16.6. The molecule has 0 heterocycles. The first-order chi connectivity index (χ1) is 5.23. The van der Waals surface area contributed by atoms with Crippen LogP contribution in [0.2, 0.25) is 0 Å². The van der Waals surface area contributed by atoms with Gasteiger partial charge in [-0.3, -0.25) is 0 Å². The molecule has 0 radical (unpaired) electrons. The first kappa shape index (κ1) is 9.01. The summed E-state index contributed by atoms with van der Waals surface area (Å²) in [4.78, 5) is 0. The molecular formula is C9H18O2. The summed E-state index contributed by atoms with van der Waals surface area (Å²) < 4.78 is 4.95. The Bertz CT molecular complexity index is 125. The minimum Gasteiger partial charge on any atom is -0.365 e. The monoisotopic (exact) mass is 158 g/mol. The summed E-state index contributed by atoms with van der Waals surface area (Å²) in [6.45, 7) is 2.19. The van der Waals surface area contributed by atoms with Crippen LogP contribution >= 0.6 is 0 Å². The van der Waals surface area contributed by atoms with E-state index in [0.29, 0.717) is 5.92 Å². The van der Waals surface area contributed by atoms with Crippen molar-refractivity contribution in [3.05, 3.63) is 0 Å². The van der Waals surface area contributed by atoms with Crippen molar-refractivity contribution in [2.45, 2.75) is 44.8 Å². The van der Waals surface area contributed by atoms with Gasteiger partial charge in [0.05, 0.1) is 0 Å². The van der Waals surface area contributed by atoms with Crippen LogP contribution < -0.4 is 0 Å².